The van der Waals surface area contributed by atoms with Crippen LogP contribution in [0.5, 0.6) is 0 Å². The van der Waals surface area contributed by atoms with E-state index in [9.17, 15) is 48.8 Å². The van der Waals surface area contributed by atoms with E-state index in [0.717, 1.165) is 30.3 Å². The third kappa shape index (κ3) is 15.9. The Morgan fingerprint density at radius 3 is 2.08 bits per heavy atom. The van der Waals surface area contributed by atoms with Crippen molar-refractivity contribution in [3.63, 3.8) is 0 Å². The number of unbranched alkanes of at least 4 members (excludes halogenated alkanes) is 16. The summed E-state index contributed by atoms with van der Waals surface area (Å²) >= 11 is 0. The number of carbonyl (C=O) groups is 1. The fraction of sp³-hybridized carbons (Fsp3) is 0.684. The molecule has 1 amide bonds. The van der Waals surface area contributed by atoms with Crippen LogP contribution >= 0.6 is 15.6 Å². The first-order chi connectivity index (χ1) is 29.0. The number of aryl methyl sites for hydroxylation is 1. The lowest BCUT2D eigenvalue weighted by molar-refractivity contribution is -0.745. The molecule has 4 rings (SSSR count). The Balaban J connectivity index is 1.33. The molecular formula is C38H59N6O15P2-. The molecular weight excluding hydrogens is 842 g/mol. The monoisotopic (exact) mass is 901 g/mol. The number of nitro groups is 1. The molecule has 1 fully saturated rings. The molecule has 0 saturated carbocycles. The van der Waals surface area contributed by atoms with Gasteiger partial charge in [-0.3, -0.25) is 33.6 Å². The molecule has 1 aliphatic heterocycles. The van der Waals surface area contributed by atoms with E-state index < -0.39 is 75.4 Å². The van der Waals surface area contributed by atoms with Crippen LogP contribution in [0, 0.1) is 10.1 Å². The minimum atomic E-state index is -5.75. The van der Waals surface area contributed by atoms with E-state index in [1.807, 2.05) is 0 Å². The molecule has 0 spiro atoms. The van der Waals surface area contributed by atoms with Gasteiger partial charge in [-0.15, -0.1) is 0 Å². The predicted molar refractivity (Wildman–Crippen MR) is 217 cm³/mol. The molecule has 7 atom stereocenters. The number of phosphoric acid groups is 2. The molecule has 342 valence electrons. The first kappa shape index (κ1) is 50.0. The zero-order valence-electron chi connectivity index (χ0n) is 34.6. The van der Waals surface area contributed by atoms with Crippen molar-refractivity contribution in [2.45, 2.75) is 153 Å². The Morgan fingerprint density at radius 1 is 0.967 bits per heavy atom. The fourth-order valence-electron chi connectivity index (χ4n) is 7.42. The van der Waals surface area contributed by atoms with Crippen molar-refractivity contribution in [3.05, 3.63) is 56.6 Å². The van der Waals surface area contributed by atoms with Gasteiger partial charge in [0.25, 0.3) is 32.8 Å². The van der Waals surface area contributed by atoms with Gasteiger partial charge in [-0.05, 0) is 18.9 Å². The summed E-state index contributed by atoms with van der Waals surface area (Å²) in [6.45, 7) is 1.19. The Morgan fingerprint density at radius 2 is 1.52 bits per heavy atom. The van der Waals surface area contributed by atoms with Crippen molar-refractivity contribution in [2.75, 3.05) is 11.9 Å². The summed E-state index contributed by atoms with van der Waals surface area (Å²) in [4.78, 5) is 75.9. The van der Waals surface area contributed by atoms with Gasteiger partial charge in [0.1, 0.15) is 24.4 Å². The lowest BCUT2D eigenvalue weighted by Gasteiger charge is -2.28. The maximum Gasteiger partial charge on any atom is 0.415 e. The fourth-order valence-corrected chi connectivity index (χ4v) is 8.95. The van der Waals surface area contributed by atoms with Crippen LogP contribution in [-0.4, -0.2) is 65.6 Å². The number of nitro benzene ring substituents is 1. The van der Waals surface area contributed by atoms with E-state index in [0.29, 0.717) is 6.42 Å². The number of phosphoric ester groups is 1. The zero-order valence-corrected chi connectivity index (χ0v) is 36.4. The van der Waals surface area contributed by atoms with Gasteiger partial charge < -0.3 is 38.9 Å². The number of nitrogens with one attached hydrogen (secondary N) is 2. The molecule has 21 nitrogen and oxygen atoms in total. The number of rotatable bonds is 28. The number of fused-ring (bicyclic) bond motifs is 1. The van der Waals surface area contributed by atoms with Crippen molar-refractivity contribution in [1.29, 1.82) is 0 Å². The molecule has 1 aromatic carbocycles. The van der Waals surface area contributed by atoms with Crippen LogP contribution in [0.2, 0.25) is 0 Å². The minimum Gasteiger partial charge on any atom is -0.756 e. The number of para-hydroxylation sites is 1. The molecule has 4 unspecified atom stereocenters. The Kier molecular flexibility index (Phi) is 19.9. The van der Waals surface area contributed by atoms with Crippen molar-refractivity contribution < 1.29 is 66.6 Å². The number of imidazole rings is 1. The van der Waals surface area contributed by atoms with E-state index >= 15 is 0 Å². The normalized spacial score (nSPS) is 20.3. The molecule has 61 heavy (non-hydrogen) atoms. The van der Waals surface area contributed by atoms with Gasteiger partial charge in [-0.2, -0.15) is 0 Å². The number of benzene rings is 1. The average molecular weight is 902 g/mol. The van der Waals surface area contributed by atoms with Crippen molar-refractivity contribution in [1.82, 2.24) is 14.5 Å². The summed E-state index contributed by atoms with van der Waals surface area (Å²) in [5.74, 6) is -0.412. The summed E-state index contributed by atoms with van der Waals surface area (Å²) < 4.78 is 44.3. The standard InChI is InChI=1S/C38H60N6O15P2/c1-3-4-5-6-7-8-9-10-11-12-13-14-15-16-17-18-19-24-29(27-22-20-21-23-28(27)44(49)50)58-38(48)41-37-39-34-31(35(47)40-37)42(2)26-43(34)36-33(46)32(45)30(57-36)25-56-61(54,55)59-60(51,52)53/h20-23,26,29-30,32-33,36,45-46H,3-19,24-25H2,1-2H3,(H4-,39,40,41,47,48,51,52,53,54,55)/p-1/t29?,30-,32+,33?,36-/m1/s1. The molecule has 0 bridgehead atoms. The van der Waals surface area contributed by atoms with Gasteiger partial charge in [-0.1, -0.05) is 127 Å². The second-order valence-electron chi connectivity index (χ2n) is 15.3. The maximum absolute atomic E-state index is 13.3. The molecule has 0 radical (unpaired) electrons. The molecule has 1 saturated heterocycles. The lowest BCUT2D eigenvalue weighted by Crippen LogP contribution is -2.46. The lowest BCUT2D eigenvalue weighted by atomic mass is 10.00. The van der Waals surface area contributed by atoms with Gasteiger partial charge in [0.2, 0.25) is 11.7 Å². The largest absolute Gasteiger partial charge is 0.756 e. The number of carbonyl (C=O) groups excluding carboxylic acids is 1. The molecule has 1 aliphatic rings. The smallest absolute Gasteiger partial charge is 0.415 e. The topological polar surface area (TPSA) is 305 Å². The van der Waals surface area contributed by atoms with Crippen LogP contribution in [-0.2, 0) is 34.5 Å². The molecule has 2 aromatic heterocycles. The molecule has 3 heterocycles. The molecule has 5 N–H and O–H groups in total. The number of aliphatic hydroxyl groups excluding tert-OH is 2. The number of aromatic nitrogens is 4. The van der Waals surface area contributed by atoms with Gasteiger partial charge in [0.15, 0.2) is 6.33 Å². The second kappa shape index (κ2) is 24.3. The van der Waals surface area contributed by atoms with Crippen LogP contribution in [0.3, 0.4) is 0 Å². The van der Waals surface area contributed by atoms with Gasteiger partial charge in [0.05, 0.1) is 24.1 Å². The second-order valence-corrected chi connectivity index (χ2v) is 18.1. The van der Waals surface area contributed by atoms with E-state index in [1.54, 1.807) is 6.07 Å². The highest BCUT2D eigenvalue weighted by atomic mass is 31.3. The van der Waals surface area contributed by atoms with Crippen molar-refractivity contribution in [3.8, 4) is 0 Å². The molecule has 0 aliphatic carbocycles. The average Bonchev–Trinajstić information content (AvgIpc) is 3.67. The Hall–Kier alpha value is -3.62. The number of hydrogen-bond donors (Lipinski definition) is 5. The molecule has 3 aromatic rings. The first-order valence-corrected chi connectivity index (χ1v) is 23.9. The molecule has 23 heteroatoms. The number of amides is 1. The van der Waals surface area contributed by atoms with Gasteiger partial charge >= 0.3 is 11.7 Å². The summed E-state index contributed by atoms with van der Waals surface area (Å²) in [5, 5.41) is 35.7. The van der Waals surface area contributed by atoms with Crippen LogP contribution in [0.25, 0.3) is 11.2 Å². The highest BCUT2D eigenvalue weighted by molar-refractivity contribution is 7.59. The zero-order chi connectivity index (χ0) is 44.6. The number of ether oxygens (including phenoxy) is 2. The van der Waals surface area contributed by atoms with Crippen LogP contribution in [0.1, 0.15) is 140 Å². The van der Waals surface area contributed by atoms with Crippen LogP contribution in [0.4, 0.5) is 16.4 Å². The summed E-state index contributed by atoms with van der Waals surface area (Å²) in [5.41, 5.74) is -1.05. The van der Waals surface area contributed by atoms with Crippen LogP contribution < -0.4 is 25.2 Å². The van der Waals surface area contributed by atoms with Crippen molar-refractivity contribution >= 4 is 44.5 Å². The van der Waals surface area contributed by atoms with E-state index in [1.165, 1.54) is 113 Å². The number of nitrogens with zero attached hydrogens (tertiary/aromatic N) is 4. The Bertz CT molecular complexity index is 2030. The number of aromatic amines is 1. The summed E-state index contributed by atoms with van der Waals surface area (Å²) in [7, 11) is -9.92. The number of aliphatic hydroxyl groups is 2. The third-order valence-corrected chi connectivity index (χ3v) is 12.6. The van der Waals surface area contributed by atoms with Gasteiger partial charge in [-0.25, -0.2) is 19.0 Å². The SMILES string of the molecule is CCCCCCCCCCCCCCCCCCCC(OC(=O)Nc1nc2c(c(=O)[nH]1)n(C)c[n+]2[C@@H]1O[C@H](COP(=O)([O-])OP(=O)([O-])O)[C@H](O)C1O)c1ccccc1[N+](=O)[O-]. The van der Waals surface area contributed by atoms with Crippen molar-refractivity contribution in [2.24, 2.45) is 7.05 Å². The van der Waals surface area contributed by atoms with Crippen LogP contribution in [0.15, 0.2) is 35.4 Å². The highest BCUT2D eigenvalue weighted by Gasteiger charge is 2.47. The van der Waals surface area contributed by atoms with E-state index in [4.69, 9.17) is 14.4 Å². The quantitative estimate of drug-likeness (QED) is 0.0201. The minimum absolute atomic E-state index is 0.0768. The number of anilines is 1. The summed E-state index contributed by atoms with van der Waals surface area (Å²) in [6.07, 6.45) is 12.9. The van der Waals surface area contributed by atoms with E-state index in [-0.39, 0.29) is 28.8 Å². The number of hydrogen-bond acceptors (Lipinski definition) is 15. The van der Waals surface area contributed by atoms with Gasteiger partial charge in [0, 0.05) is 6.07 Å². The predicted octanol–water partition coefficient (Wildman–Crippen LogP) is 5.37. The highest BCUT2D eigenvalue weighted by Crippen LogP contribution is 2.52. The van der Waals surface area contributed by atoms with E-state index in [2.05, 4.69) is 31.0 Å². The number of H-pyrrole nitrogens is 1. The third-order valence-electron chi connectivity index (χ3n) is 10.5. The first-order valence-electron chi connectivity index (χ1n) is 20.9. The maximum atomic E-state index is 13.3. The summed E-state index contributed by atoms with van der Waals surface area (Å²) in [6, 6.07) is 5.94. The Labute approximate surface area is 353 Å².